The second kappa shape index (κ2) is 6.20. The number of rotatable bonds is 5. The Hall–Kier alpha value is -0.620. The first kappa shape index (κ1) is 13.4. The smallest absolute Gasteiger partial charge is 0.129 e. The average Bonchev–Trinajstić information content (AvgIpc) is 2.28. The van der Waals surface area contributed by atoms with Crippen molar-refractivity contribution in [2.45, 2.75) is 25.2 Å². The van der Waals surface area contributed by atoms with E-state index in [1.165, 1.54) is 12.1 Å². The Labute approximate surface area is 99.0 Å². The third-order valence-electron chi connectivity index (χ3n) is 2.36. The molecule has 2 atom stereocenters. The predicted octanol–water partition coefficient (Wildman–Crippen LogP) is 1.03. The maximum absolute atomic E-state index is 13.5. The molecule has 3 N–H and O–H groups in total. The molecule has 5 heteroatoms. The van der Waals surface area contributed by atoms with Crippen LogP contribution in [-0.4, -0.2) is 27.2 Å². The van der Waals surface area contributed by atoms with Crippen LogP contribution in [0.4, 0.5) is 4.39 Å². The molecule has 0 saturated heterocycles. The molecule has 0 aromatic heterocycles. The minimum absolute atomic E-state index is 0.0338. The Bertz CT molecular complexity index is 346. The van der Waals surface area contributed by atoms with E-state index in [2.05, 4.69) is 12.6 Å². The van der Waals surface area contributed by atoms with Crippen LogP contribution in [-0.2, 0) is 6.61 Å². The van der Waals surface area contributed by atoms with Gasteiger partial charge in [-0.3, -0.25) is 0 Å². The molecule has 3 nitrogen and oxygen atoms in total. The third-order valence-corrected chi connectivity index (χ3v) is 2.61. The van der Waals surface area contributed by atoms with Crippen molar-refractivity contribution < 1.29 is 19.7 Å². The van der Waals surface area contributed by atoms with Crippen molar-refractivity contribution in [3.63, 3.8) is 0 Å². The molecule has 0 radical (unpaired) electrons. The summed E-state index contributed by atoms with van der Waals surface area (Å²) in [6.45, 7) is -0.257. The van der Waals surface area contributed by atoms with Crippen LogP contribution in [0.25, 0.3) is 0 Å². The molecular weight excluding hydrogens is 231 g/mol. The molecule has 1 aromatic carbocycles. The van der Waals surface area contributed by atoms with Crippen molar-refractivity contribution in [3.05, 3.63) is 35.1 Å². The molecule has 0 fully saturated rings. The van der Waals surface area contributed by atoms with Crippen molar-refractivity contribution in [2.24, 2.45) is 0 Å². The largest absolute Gasteiger partial charge is 0.392 e. The van der Waals surface area contributed by atoms with E-state index in [9.17, 15) is 14.6 Å². The van der Waals surface area contributed by atoms with Crippen molar-refractivity contribution >= 4 is 12.6 Å². The monoisotopic (exact) mass is 246 g/mol. The molecule has 1 rings (SSSR count). The van der Waals surface area contributed by atoms with E-state index in [-0.39, 0.29) is 18.6 Å². The molecule has 90 valence electrons. The second-order valence-electron chi connectivity index (χ2n) is 3.54. The zero-order valence-corrected chi connectivity index (χ0v) is 9.57. The van der Waals surface area contributed by atoms with Crippen LogP contribution in [0.1, 0.15) is 23.7 Å². The standard InChI is InChI=1S/C11H15FO3S/c12-9-5-7(6-13)1-2-8(9)11(15)10(14)3-4-16/h1-2,5,10-11,13-16H,3-4,6H2. The van der Waals surface area contributed by atoms with E-state index in [0.29, 0.717) is 11.3 Å². The fourth-order valence-electron chi connectivity index (χ4n) is 1.41. The van der Waals surface area contributed by atoms with Gasteiger partial charge in [-0.05, 0) is 23.8 Å². The highest BCUT2D eigenvalue weighted by molar-refractivity contribution is 7.80. The van der Waals surface area contributed by atoms with Gasteiger partial charge in [-0.1, -0.05) is 12.1 Å². The summed E-state index contributed by atoms with van der Waals surface area (Å²) in [5.41, 5.74) is 0.462. The molecule has 0 aliphatic carbocycles. The summed E-state index contributed by atoms with van der Waals surface area (Å²) in [4.78, 5) is 0. The molecule has 2 unspecified atom stereocenters. The summed E-state index contributed by atoms with van der Waals surface area (Å²) in [6, 6.07) is 4.02. The summed E-state index contributed by atoms with van der Waals surface area (Å²) >= 11 is 3.93. The average molecular weight is 246 g/mol. The van der Waals surface area contributed by atoms with Gasteiger partial charge in [0, 0.05) is 5.56 Å². The van der Waals surface area contributed by atoms with Gasteiger partial charge in [0.2, 0.25) is 0 Å². The lowest BCUT2D eigenvalue weighted by atomic mass is 10.0. The zero-order valence-electron chi connectivity index (χ0n) is 8.67. The summed E-state index contributed by atoms with van der Waals surface area (Å²) < 4.78 is 13.5. The maximum Gasteiger partial charge on any atom is 0.129 e. The van der Waals surface area contributed by atoms with E-state index < -0.39 is 18.0 Å². The Morgan fingerprint density at radius 1 is 1.31 bits per heavy atom. The van der Waals surface area contributed by atoms with Crippen LogP contribution in [0, 0.1) is 5.82 Å². The van der Waals surface area contributed by atoms with Gasteiger partial charge in [0.15, 0.2) is 0 Å². The normalized spacial score (nSPS) is 14.8. The Balaban J connectivity index is 2.87. The van der Waals surface area contributed by atoms with Crippen molar-refractivity contribution in [1.29, 1.82) is 0 Å². The van der Waals surface area contributed by atoms with Gasteiger partial charge in [0.25, 0.3) is 0 Å². The van der Waals surface area contributed by atoms with Gasteiger partial charge in [0.05, 0.1) is 12.7 Å². The van der Waals surface area contributed by atoms with Crippen LogP contribution in [0.3, 0.4) is 0 Å². The topological polar surface area (TPSA) is 60.7 Å². The SMILES string of the molecule is OCc1ccc(C(O)C(O)CCS)c(F)c1. The Morgan fingerprint density at radius 3 is 2.50 bits per heavy atom. The maximum atomic E-state index is 13.5. The van der Waals surface area contributed by atoms with Crippen LogP contribution < -0.4 is 0 Å². The number of halogens is 1. The number of hydrogen-bond acceptors (Lipinski definition) is 4. The summed E-state index contributed by atoms with van der Waals surface area (Å²) in [5.74, 6) is -0.216. The summed E-state index contributed by atoms with van der Waals surface area (Å²) in [6.07, 6.45) is -2.02. The molecule has 16 heavy (non-hydrogen) atoms. The van der Waals surface area contributed by atoms with Crippen molar-refractivity contribution in [2.75, 3.05) is 5.75 Å². The van der Waals surface area contributed by atoms with Crippen LogP contribution >= 0.6 is 12.6 Å². The first-order valence-electron chi connectivity index (χ1n) is 4.96. The first-order chi connectivity index (χ1) is 7.60. The predicted molar refractivity (Wildman–Crippen MR) is 61.8 cm³/mol. The van der Waals surface area contributed by atoms with Gasteiger partial charge in [-0.25, -0.2) is 4.39 Å². The lowest BCUT2D eigenvalue weighted by Gasteiger charge is -2.18. The van der Waals surface area contributed by atoms with Gasteiger partial charge in [-0.2, -0.15) is 12.6 Å². The van der Waals surface area contributed by atoms with E-state index >= 15 is 0 Å². The molecule has 0 heterocycles. The molecule has 0 spiro atoms. The molecule has 1 aromatic rings. The van der Waals surface area contributed by atoms with E-state index in [0.717, 1.165) is 6.07 Å². The lowest BCUT2D eigenvalue weighted by molar-refractivity contribution is 0.0151. The van der Waals surface area contributed by atoms with Crippen molar-refractivity contribution in [1.82, 2.24) is 0 Å². The fourth-order valence-corrected chi connectivity index (χ4v) is 1.67. The van der Waals surface area contributed by atoms with Gasteiger partial charge in [-0.15, -0.1) is 0 Å². The number of benzene rings is 1. The number of aliphatic hydroxyl groups is 3. The summed E-state index contributed by atoms with van der Waals surface area (Å²) in [5, 5.41) is 28.0. The number of aliphatic hydroxyl groups excluding tert-OH is 3. The molecule has 0 amide bonds. The first-order valence-corrected chi connectivity index (χ1v) is 5.59. The quantitative estimate of drug-likeness (QED) is 0.587. The van der Waals surface area contributed by atoms with Crippen LogP contribution in [0.5, 0.6) is 0 Å². The summed E-state index contributed by atoms with van der Waals surface area (Å²) in [7, 11) is 0. The minimum atomic E-state index is -1.26. The molecule has 0 bridgehead atoms. The third kappa shape index (κ3) is 3.18. The molecule has 0 saturated carbocycles. The zero-order chi connectivity index (χ0) is 12.1. The molecule has 0 aliphatic rings. The minimum Gasteiger partial charge on any atom is -0.392 e. The number of thiol groups is 1. The van der Waals surface area contributed by atoms with Crippen molar-refractivity contribution in [3.8, 4) is 0 Å². The second-order valence-corrected chi connectivity index (χ2v) is 3.99. The number of hydrogen-bond donors (Lipinski definition) is 4. The van der Waals surface area contributed by atoms with E-state index in [4.69, 9.17) is 5.11 Å². The Morgan fingerprint density at radius 2 is 2.00 bits per heavy atom. The van der Waals surface area contributed by atoms with Gasteiger partial charge >= 0.3 is 0 Å². The van der Waals surface area contributed by atoms with Gasteiger partial charge < -0.3 is 15.3 Å². The van der Waals surface area contributed by atoms with E-state index in [1.807, 2.05) is 0 Å². The molecular formula is C11H15FO3S. The van der Waals surface area contributed by atoms with Crippen LogP contribution in [0.2, 0.25) is 0 Å². The van der Waals surface area contributed by atoms with Gasteiger partial charge in [0.1, 0.15) is 11.9 Å². The molecule has 0 aliphatic heterocycles. The van der Waals surface area contributed by atoms with E-state index in [1.54, 1.807) is 0 Å². The highest BCUT2D eigenvalue weighted by atomic mass is 32.1. The fraction of sp³-hybridized carbons (Fsp3) is 0.455. The lowest BCUT2D eigenvalue weighted by Crippen LogP contribution is -2.19. The Kier molecular flexibility index (Phi) is 5.21. The highest BCUT2D eigenvalue weighted by Gasteiger charge is 2.20. The highest BCUT2D eigenvalue weighted by Crippen LogP contribution is 2.23. The van der Waals surface area contributed by atoms with Crippen LogP contribution in [0.15, 0.2) is 18.2 Å².